The van der Waals surface area contributed by atoms with Gasteiger partial charge in [0.15, 0.2) is 0 Å². The van der Waals surface area contributed by atoms with Gasteiger partial charge in [0.25, 0.3) is 0 Å². The Hall–Kier alpha value is -0.270. The van der Waals surface area contributed by atoms with E-state index in [-0.39, 0.29) is 5.82 Å². The summed E-state index contributed by atoms with van der Waals surface area (Å²) in [5.74, 6) is 1.16. The Morgan fingerprint density at radius 2 is 1.78 bits per heavy atom. The molecule has 0 amide bonds. The first-order valence-corrected chi connectivity index (χ1v) is 7.49. The average molecular weight is 291 g/mol. The molecule has 0 bridgehead atoms. The van der Waals surface area contributed by atoms with Crippen LogP contribution in [-0.4, -0.2) is 11.8 Å². The molecule has 18 heavy (non-hydrogen) atoms. The van der Waals surface area contributed by atoms with Crippen molar-refractivity contribution in [3.05, 3.63) is 35.6 Å². The summed E-state index contributed by atoms with van der Waals surface area (Å²) in [4.78, 5) is 0. The van der Waals surface area contributed by atoms with E-state index < -0.39 is 5.41 Å². The summed E-state index contributed by atoms with van der Waals surface area (Å²) in [6.07, 6.45) is 2.97. The largest absolute Gasteiger partial charge is 0.207 e. The molecule has 1 aromatic rings. The summed E-state index contributed by atoms with van der Waals surface area (Å²) in [5, 5.41) is 0. The third-order valence-electron chi connectivity index (χ3n) is 3.39. The molecule has 0 fully saturated rings. The summed E-state index contributed by atoms with van der Waals surface area (Å²) >= 11 is 12.2. The van der Waals surface area contributed by atoms with Crippen molar-refractivity contribution >= 4 is 23.2 Å². The molecule has 0 spiro atoms. The predicted octanol–water partition coefficient (Wildman–Crippen LogP) is 5.37. The zero-order valence-electron chi connectivity index (χ0n) is 11.1. The van der Waals surface area contributed by atoms with E-state index >= 15 is 0 Å². The van der Waals surface area contributed by atoms with E-state index in [1.54, 1.807) is 12.1 Å². The molecule has 0 aliphatic carbocycles. The molecule has 0 saturated heterocycles. The molecule has 0 N–H and O–H groups in total. The van der Waals surface area contributed by atoms with Crippen molar-refractivity contribution in [1.82, 2.24) is 0 Å². The van der Waals surface area contributed by atoms with E-state index in [1.165, 1.54) is 6.07 Å². The molecule has 0 aliphatic heterocycles. The molecule has 0 heterocycles. The van der Waals surface area contributed by atoms with Crippen LogP contribution in [0.5, 0.6) is 0 Å². The van der Waals surface area contributed by atoms with Crippen LogP contribution >= 0.6 is 23.2 Å². The SMILES string of the molecule is CC(C)CCCC(CCl)(CCl)c1ccccc1F. The minimum absolute atomic E-state index is 0.205. The van der Waals surface area contributed by atoms with Gasteiger partial charge in [-0.3, -0.25) is 0 Å². The van der Waals surface area contributed by atoms with Crippen LogP contribution in [-0.2, 0) is 5.41 Å². The number of hydrogen-bond donors (Lipinski definition) is 0. The average Bonchev–Trinajstić information content (AvgIpc) is 2.36. The lowest BCUT2D eigenvalue weighted by Gasteiger charge is -2.31. The quantitative estimate of drug-likeness (QED) is 0.593. The lowest BCUT2D eigenvalue weighted by molar-refractivity contribution is 0.416. The van der Waals surface area contributed by atoms with Gasteiger partial charge >= 0.3 is 0 Å². The van der Waals surface area contributed by atoms with Crippen molar-refractivity contribution in [2.24, 2.45) is 5.92 Å². The molecular formula is C15H21Cl2F. The Morgan fingerprint density at radius 3 is 2.28 bits per heavy atom. The molecule has 0 nitrogen and oxygen atoms in total. The molecule has 1 rings (SSSR count). The number of alkyl halides is 2. The first kappa shape index (κ1) is 15.8. The molecule has 0 radical (unpaired) electrons. The zero-order chi connectivity index (χ0) is 13.6. The van der Waals surface area contributed by atoms with Gasteiger partial charge in [-0.2, -0.15) is 0 Å². The van der Waals surface area contributed by atoms with Crippen LogP contribution in [0.3, 0.4) is 0 Å². The Balaban J connectivity index is 2.89. The van der Waals surface area contributed by atoms with Gasteiger partial charge in [-0.1, -0.05) is 44.9 Å². The molecule has 0 aliphatic rings. The third kappa shape index (κ3) is 3.86. The second-order valence-electron chi connectivity index (χ2n) is 5.31. The van der Waals surface area contributed by atoms with Gasteiger partial charge in [-0.15, -0.1) is 23.2 Å². The van der Waals surface area contributed by atoms with Gasteiger partial charge in [-0.05, 0) is 24.0 Å². The van der Waals surface area contributed by atoms with Crippen LogP contribution in [0, 0.1) is 11.7 Å². The van der Waals surface area contributed by atoms with Crippen molar-refractivity contribution in [3.8, 4) is 0 Å². The minimum atomic E-state index is -0.441. The fourth-order valence-electron chi connectivity index (χ4n) is 2.19. The van der Waals surface area contributed by atoms with Crippen molar-refractivity contribution in [2.75, 3.05) is 11.8 Å². The highest BCUT2D eigenvalue weighted by Gasteiger charge is 2.32. The van der Waals surface area contributed by atoms with Crippen molar-refractivity contribution in [2.45, 2.75) is 38.5 Å². The maximum Gasteiger partial charge on any atom is 0.127 e. The van der Waals surface area contributed by atoms with Gasteiger partial charge in [0.05, 0.1) is 0 Å². The molecule has 3 heteroatoms. The summed E-state index contributed by atoms with van der Waals surface area (Å²) in [6, 6.07) is 6.82. The maximum atomic E-state index is 13.9. The van der Waals surface area contributed by atoms with E-state index in [1.807, 2.05) is 6.07 Å². The Bertz CT molecular complexity index is 359. The Morgan fingerprint density at radius 1 is 1.17 bits per heavy atom. The van der Waals surface area contributed by atoms with Crippen LogP contribution in [0.25, 0.3) is 0 Å². The second-order valence-corrected chi connectivity index (χ2v) is 5.85. The fraction of sp³-hybridized carbons (Fsp3) is 0.600. The molecule has 0 atom stereocenters. The highest BCUT2D eigenvalue weighted by Crippen LogP contribution is 2.35. The predicted molar refractivity (Wildman–Crippen MR) is 78.2 cm³/mol. The number of rotatable bonds is 7. The summed E-state index contributed by atoms with van der Waals surface area (Å²) in [7, 11) is 0. The number of hydrogen-bond acceptors (Lipinski definition) is 0. The normalized spacial score (nSPS) is 12.1. The van der Waals surface area contributed by atoms with E-state index in [2.05, 4.69) is 13.8 Å². The molecular weight excluding hydrogens is 270 g/mol. The van der Waals surface area contributed by atoms with Crippen LogP contribution in [0.4, 0.5) is 4.39 Å². The first-order valence-electron chi connectivity index (χ1n) is 6.42. The fourth-order valence-corrected chi connectivity index (χ4v) is 3.03. The van der Waals surface area contributed by atoms with Crippen LogP contribution in [0.2, 0.25) is 0 Å². The topological polar surface area (TPSA) is 0 Å². The summed E-state index contributed by atoms with van der Waals surface area (Å²) < 4.78 is 13.9. The van der Waals surface area contributed by atoms with Crippen LogP contribution in [0.1, 0.15) is 38.7 Å². The number of benzene rings is 1. The van der Waals surface area contributed by atoms with Crippen molar-refractivity contribution in [1.29, 1.82) is 0 Å². The van der Waals surface area contributed by atoms with Gasteiger partial charge < -0.3 is 0 Å². The lowest BCUT2D eigenvalue weighted by Crippen LogP contribution is -2.32. The highest BCUT2D eigenvalue weighted by molar-refractivity contribution is 6.22. The monoisotopic (exact) mass is 290 g/mol. The maximum absolute atomic E-state index is 13.9. The Labute approximate surface area is 119 Å². The standard InChI is InChI=1S/C15H21Cl2F/c1-12(2)6-5-9-15(10-16,11-17)13-7-3-4-8-14(13)18/h3-4,7-8,12H,5-6,9-11H2,1-2H3. The molecule has 0 saturated carbocycles. The molecule has 0 aromatic heterocycles. The second kappa shape index (κ2) is 7.35. The first-order chi connectivity index (χ1) is 8.55. The van der Waals surface area contributed by atoms with E-state index in [4.69, 9.17) is 23.2 Å². The van der Waals surface area contributed by atoms with Crippen LogP contribution in [0.15, 0.2) is 24.3 Å². The van der Waals surface area contributed by atoms with Gasteiger partial charge in [-0.25, -0.2) is 4.39 Å². The van der Waals surface area contributed by atoms with Crippen LogP contribution < -0.4 is 0 Å². The molecule has 1 aromatic carbocycles. The van der Waals surface area contributed by atoms with E-state index in [0.717, 1.165) is 19.3 Å². The minimum Gasteiger partial charge on any atom is -0.207 e. The van der Waals surface area contributed by atoms with E-state index in [9.17, 15) is 4.39 Å². The smallest absolute Gasteiger partial charge is 0.127 e. The number of halogens is 3. The third-order valence-corrected chi connectivity index (χ3v) is 4.42. The van der Waals surface area contributed by atoms with Gasteiger partial charge in [0.1, 0.15) is 5.82 Å². The lowest BCUT2D eigenvalue weighted by atomic mass is 9.79. The van der Waals surface area contributed by atoms with Gasteiger partial charge in [0.2, 0.25) is 0 Å². The Kier molecular flexibility index (Phi) is 6.45. The highest BCUT2D eigenvalue weighted by atomic mass is 35.5. The van der Waals surface area contributed by atoms with Gasteiger partial charge in [0, 0.05) is 17.2 Å². The van der Waals surface area contributed by atoms with Crippen molar-refractivity contribution in [3.63, 3.8) is 0 Å². The molecule has 0 unspecified atom stereocenters. The van der Waals surface area contributed by atoms with Crippen molar-refractivity contribution < 1.29 is 4.39 Å². The van der Waals surface area contributed by atoms with E-state index in [0.29, 0.717) is 23.2 Å². The zero-order valence-corrected chi connectivity index (χ0v) is 12.6. The summed E-state index contributed by atoms with van der Waals surface area (Å²) in [6.45, 7) is 4.37. The molecule has 102 valence electrons. The summed E-state index contributed by atoms with van der Waals surface area (Å²) in [5.41, 5.74) is 0.210.